The molecule has 0 bridgehead atoms. The van der Waals surface area contributed by atoms with E-state index in [1.807, 2.05) is 0 Å². The Balaban J connectivity index is 2.83. The van der Waals surface area contributed by atoms with Gasteiger partial charge >= 0.3 is 0 Å². The van der Waals surface area contributed by atoms with Crippen LogP contribution in [0.5, 0.6) is 0 Å². The molecule has 7 nitrogen and oxygen atoms in total. The Morgan fingerprint density at radius 1 is 1.76 bits per heavy atom. The number of hydrogen-bond acceptors (Lipinski definition) is 4. The second-order valence-corrected chi connectivity index (χ2v) is 3.98. The summed E-state index contributed by atoms with van der Waals surface area (Å²) in [5.74, 6) is -1.24. The molecular formula is C10H18N4O3. The van der Waals surface area contributed by atoms with Crippen molar-refractivity contribution >= 4 is 17.6 Å². The van der Waals surface area contributed by atoms with Crippen LogP contribution in [0.25, 0.3) is 0 Å². The van der Waals surface area contributed by atoms with Crippen LogP contribution in [0.15, 0.2) is 5.16 Å². The molecule has 7 heteroatoms. The summed E-state index contributed by atoms with van der Waals surface area (Å²) in [6, 6.07) is -0.517. The maximum Gasteiger partial charge on any atom is 0.242 e. The summed E-state index contributed by atoms with van der Waals surface area (Å²) in [7, 11) is 0. The van der Waals surface area contributed by atoms with E-state index in [2.05, 4.69) is 10.5 Å². The fraction of sp³-hybridized carbons (Fsp3) is 0.700. The summed E-state index contributed by atoms with van der Waals surface area (Å²) in [5.41, 5.74) is 5.47. The first-order chi connectivity index (χ1) is 8.02. The molecule has 1 aliphatic heterocycles. The standard InChI is InChI=1S/C10H18N4O3/c1-3-7(8(11)13-17)10(16)14-5-4-12-9(15)6(14)2/h6-7,17H,3-5H2,1-2H3,(H2,11,13)(H,12,15). The number of hydrogen-bond donors (Lipinski definition) is 3. The second kappa shape index (κ2) is 5.51. The van der Waals surface area contributed by atoms with Gasteiger partial charge in [-0.3, -0.25) is 9.59 Å². The summed E-state index contributed by atoms with van der Waals surface area (Å²) in [4.78, 5) is 25.1. The molecular weight excluding hydrogens is 224 g/mol. The summed E-state index contributed by atoms with van der Waals surface area (Å²) < 4.78 is 0. The predicted octanol–water partition coefficient (Wildman–Crippen LogP) is -0.894. The fourth-order valence-electron chi connectivity index (χ4n) is 1.86. The van der Waals surface area contributed by atoms with Crippen molar-refractivity contribution in [2.45, 2.75) is 26.3 Å². The third kappa shape index (κ3) is 2.66. The molecule has 0 aromatic carbocycles. The van der Waals surface area contributed by atoms with Crippen LogP contribution < -0.4 is 11.1 Å². The molecule has 0 saturated carbocycles. The number of piperazine rings is 1. The molecule has 0 spiro atoms. The van der Waals surface area contributed by atoms with Crippen LogP contribution in [-0.4, -0.2) is 46.9 Å². The monoisotopic (exact) mass is 242 g/mol. The Hall–Kier alpha value is -1.79. The molecule has 1 heterocycles. The lowest BCUT2D eigenvalue weighted by atomic mass is 10.0. The molecule has 0 aromatic rings. The molecule has 1 aliphatic rings. The highest BCUT2D eigenvalue weighted by atomic mass is 16.4. The first-order valence-electron chi connectivity index (χ1n) is 5.58. The van der Waals surface area contributed by atoms with E-state index in [-0.39, 0.29) is 17.6 Å². The first-order valence-corrected chi connectivity index (χ1v) is 5.58. The molecule has 0 aromatic heterocycles. The number of rotatable bonds is 3. The highest BCUT2D eigenvalue weighted by molar-refractivity contribution is 6.03. The quantitative estimate of drug-likeness (QED) is 0.258. The maximum absolute atomic E-state index is 12.2. The molecule has 2 amide bonds. The van der Waals surface area contributed by atoms with Crippen molar-refractivity contribution < 1.29 is 14.8 Å². The number of nitrogens with two attached hydrogens (primary N) is 1. The van der Waals surface area contributed by atoms with Gasteiger partial charge in [-0.15, -0.1) is 0 Å². The molecule has 1 fully saturated rings. The number of carbonyl (C=O) groups is 2. The van der Waals surface area contributed by atoms with Crippen LogP contribution in [0.1, 0.15) is 20.3 Å². The third-order valence-corrected chi connectivity index (χ3v) is 2.96. The van der Waals surface area contributed by atoms with Gasteiger partial charge in [-0.25, -0.2) is 0 Å². The zero-order chi connectivity index (χ0) is 13.0. The van der Waals surface area contributed by atoms with Gasteiger partial charge in [0, 0.05) is 13.1 Å². The van der Waals surface area contributed by atoms with E-state index in [1.165, 1.54) is 4.90 Å². The lowest BCUT2D eigenvalue weighted by Gasteiger charge is -2.34. The topological polar surface area (TPSA) is 108 Å². The Bertz CT molecular complexity index is 342. The van der Waals surface area contributed by atoms with E-state index >= 15 is 0 Å². The van der Waals surface area contributed by atoms with Gasteiger partial charge in [0.2, 0.25) is 11.8 Å². The molecule has 0 radical (unpaired) electrons. The van der Waals surface area contributed by atoms with E-state index in [9.17, 15) is 9.59 Å². The summed E-state index contributed by atoms with van der Waals surface area (Å²) in [6.07, 6.45) is 0.430. The van der Waals surface area contributed by atoms with Crippen LogP contribution in [0.3, 0.4) is 0 Å². The highest BCUT2D eigenvalue weighted by Gasteiger charge is 2.34. The van der Waals surface area contributed by atoms with Gasteiger partial charge in [0.15, 0.2) is 5.84 Å². The van der Waals surface area contributed by atoms with Gasteiger partial charge in [0.25, 0.3) is 0 Å². The van der Waals surface area contributed by atoms with Crippen molar-refractivity contribution in [1.29, 1.82) is 0 Å². The highest BCUT2D eigenvalue weighted by Crippen LogP contribution is 2.13. The van der Waals surface area contributed by atoms with Crippen molar-refractivity contribution in [2.24, 2.45) is 16.8 Å². The lowest BCUT2D eigenvalue weighted by molar-refractivity contribution is -0.144. The largest absolute Gasteiger partial charge is 0.409 e. The summed E-state index contributed by atoms with van der Waals surface area (Å²) in [5, 5.41) is 14.2. The average Bonchev–Trinajstić information content (AvgIpc) is 2.33. The van der Waals surface area contributed by atoms with Crippen LogP contribution in [0.2, 0.25) is 0 Å². The summed E-state index contributed by atoms with van der Waals surface area (Å²) in [6.45, 7) is 4.31. The van der Waals surface area contributed by atoms with Crippen LogP contribution >= 0.6 is 0 Å². The average molecular weight is 242 g/mol. The number of carbonyl (C=O) groups excluding carboxylic acids is 2. The zero-order valence-electron chi connectivity index (χ0n) is 10.0. The van der Waals surface area contributed by atoms with E-state index in [1.54, 1.807) is 13.8 Å². The molecule has 2 atom stereocenters. The number of nitrogens with one attached hydrogen (secondary N) is 1. The van der Waals surface area contributed by atoms with Crippen LogP contribution in [0.4, 0.5) is 0 Å². The van der Waals surface area contributed by atoms with Gasteiger partial charge in [-0.2, -0.15) is 0 Å². The first kappa shape index (κ1) is 13.3. The smallest absolute Gasteiger partial charge is 0.242 e. The number of nitrogens with zero attached hydrogens (tertiary/aromatic N) is 2. The number of amidine groups is 1. The normalized spacial score (nSPS) is 23.2. The fourth-order valence-corrected chi connectivity index (χ4v) is 1.86. The van der Waals surface area contributed by atoms with Gasteiger partial charge in [0.1, 0.15) is 6.04 Å². The molecule has 1 saturated heterocycles. The second-order valence-electron chi connectivity index (χ2n) is 3.98. The van der Waals surface area contributed by atoms with E-state index < -0.39 is 12.0 Å². The van der Waals surface area contributed by atoms with Crippen molar-refractivity contribution in [2.75, 3.05) is 13.1 Å². The molecule has 0 aliphatic carbocycles. The lowest BCUT2D eigenvalue weighted by Crippen LogP contribution is -2.58. The SMILES string of the molecule is CCC(C(=O)N1CCNC(=O)C1C)C(N)=NO. The maximum atomic E-state index is 12.2. The van der Waals surface area contributed by atoms with Crippen molar-refractivity contribution in [3.05, 3.63) is 0 Å². The molecule has 17 heavy (non-hydrogen) atoms. The predicted molar refractivity (Wildman–Crippen MR) is 61.4 cm³/mol. The Labute approximate surface area is 99.6 Å². The van der Waals surface area contributed by atoms with Crippen molar-refractivity contribution in [1.82, 2.24) is 10.2 Å². The van der Waals surface area contributed by atoms with E-state index in [0.717, 1.165) is 0 Å². The Morgan fingerprint density at radius 2 is 2.41 bits per heavy atom. The Morgan fingerprint density at radius 3 is 2.94 bits per heavy atom. The third-order valence-electron chi connectivity index (χ3n) is 2.96. The van der Waals surface area contributed by atoms with E-state index in [4.69, 9.17) is 10.9 Å². The van der Waals surface area contributed by atoms with Crippen molar-refractivity contribution in [3.8, 4) is 0 Å². The molecule has 1 rings (SSSR count). The molecule has 2 unspecified atom stereocenters. The van der Waals surface area contributed by atoms with E-state index in [0.29, 0.717) is 19.5 Å². The molecule has 4 N–H and O–H groups in total. The van der Waals surface area contributed by atoms with Gasteiger partial charge in [-0.1, -0.05) is 12.1 Å². The Kier molecular flexibility index (Phi) is 4.30. The number of oxime groups is 1. The number of amides is 2. The van der Waals surface area contributed by atoms with Gasteiger partial charge in [0.05, 0.1) is 5.92 Å². The van der Waals surface area contributed by atoms with Crippen LogP contribution in [-0.2, 0) is 9.59 Å². The molecule has 96 valence electrons. The zero-order valence-corrected chi connectivity index (χ0v) is 10.0. The van der Waals surface area contributed by atoms with Crippen LogP contribution in [0, 0.1) is 5.92 Å². The minimum absolute atomic E-state index is 0.115. The van der Waals surface area contributed by atoms with Crippen molar-refractivity contribution in [3.63, 3.8) is 0 Å². The summed E-state index contributed by atoms with van der Waals surface area (Å²) >= 11 is 0. The van der Waals surface area contributed by atoms with Gasteiger partial charge < -0.3 is 21.2 Å². The minimum Gasteiger partial charge on any atom is -0.409 e. The van der Waals surface area contributed by atoms with Gasteiger partial charge in [-0.05, 0) is 13.3 Å². The minimum atomic E-state index is -0.673.